The van der Waals surface area contributed by atoms with E-state index >= 15 is 4.39 Å². The minimum atomic E-state index is -0.573. The maximum Gasteiger partial charge on any atom is 0.329 e. The van der Waals surface area contributed by atoms with Crippen molar-refractivity contribution in [3.63, 3.8) is 0 Å². The molecule has 1 aromatic carbocycles. The number of nitrogens with one attached hydrogen (secondary N) is 1. The number of methoxy groups -OCH3 is 1. The first-order chi connectivity index (χ1) is 13.4. The predicted molar refractivity (Wildman–Crippen MR) is 105 cm³/mol. The monoisotopic (exact) mass is 388 g/mol. The van der Waals surface area contributed by atoms with Crippen LogP contribution in [0.25, 0.3) is 10.9 Å². The number of hydrogen-bond acceptors (Lipinski definition) is 5. The molecule has 2 aliphatic carbocycles. The van der Waals surface area contributed by atoms with Crippen molar-refractivity contribution in [1.82, 2.24) is 9.55 Å². The maximum absolute atomic E-state index is 15.5. The number of nitrogens with two attached hydrogens (primary N) is 1. The molecule has 0 spiro atoms. The summed E-state index contributed by atoms with van der Waals surface area (Å²) in [7, 11) is 1.47. The normalized spacial score (nSPS) is 23.4. The lowest BCUT2D eigenvalue weighted by Crippen LogP contribution is -2.35. The van der Waals surface area contributed by atoms with Crippen LogP contribution in [-0.2, 0) is 0 Å². The smallest absolute Gasteiger partial charge is 0.329 e. The second-order valence-corrected chi connectivity index (χ2v) is 8.57. The van der Waals surface area contributed by atoms with Crippen molar-refractivity contribution in [2.45, 2.75) is 50.6 Å². The number of aryl methyl sites for hydroxylation is 1. The van der Waals surface area contributed by atoms with Crippen molar-refractivity contribution >= 4 is 16.6 Å². The number of fused-ring (bicyclic) bond motifs is 1. The van der Waals surface area contributed by atoms with Gasteiger partial charge in [-0.1, -0.05) is 0 Å². The van der Waals surface area contributed by atoms with E-state index in [-0.39, 0.29) is 28.3 Å². The molecule has 7 nitrogen and oxygen atoms in total. The van der Waals surface area contributed by atoms with E-state index in [2.05, 4.69) is 4.98 Å². The fourth-order valence-electron chi connectivity index (χ4n) is 4.76. The molecule has 150 valence electrons. The van der Waals surface area contributed by atoms with Crippen LogP contribution in [0, 0.1) is 18.7 Å². The Morgan fingerprint density at radius 2 is 1.96 bits per heavy atom. The van der Waals surface area contributed by atoms with Crippen LogP contribution in [0.1, 0.15) is 43.7 Å². The molecule has 2 heterocycles. The third-order valence-electron chi connectivity index (χ3n) is 6.75. The molecule has 2 saturated carbocycles. The molecule has 1 aliphatic heterocycles. The highest BCUT2D eigenvalue weighted by Crippen LogP contribution is 2.48. The number of aromatic amines is 1. The van der Waals surface area contributed by atoms with Crippen LogP contribution in [0.5, 0.6) is 5.75 Å². The van der Waals surface area contributed by atoms with Crippen LogP contribution in [0.2, 0.25) is 0 Å². The lowest BCUT2D eigenvalue weighted by Gasteiger charge is -2.26. The van der Waals surface area contributed by atoms with Crippen LogP contribution < -0.4 is 26.6 Å². The summed E-state index contributed by atoms with van der Waals surface area (Å²) in [6.45, 7) is 2.93. The van der Waals surface area contributed by atoms with Gasteiger partial charge in [-0.3, -0.25) is 14.3 Å². The number of H-pyrrole nitrogens is 1. The summed E-state index contributed by atoms with van der Waals surface area (Å²) in [6, 6.07) is 0.0172. The van der Waals surface area contributed by atoms with Crippen LogP contribution in [0.4, 0.5) is 10.1 Å². The van der Waals surface area contributed by atoms with E-state index in [1.807, 2.05) is 4.90 Å². The maximum atomic E-state index is 15.5. The van der Waals surface area contributed by atoms with Gasteiger partial charge < -0.3 is 15.4 Å². The van der Waals surface area contributed by atoms with Crippen LogP contribution >= 0.6 is 0 Å². The van der Waals surface area contributed by atoms with Crippen molar-refractivity contribution in [2.75, 3.05) is 25.1 Å². The highest BCUT2D eigenvalue weighted by Gasteiger charge is 2.48. The van der Waals surface area contributed by atoms with Gasteiger partial charge >= 0.3 is 5.69 Å². The molecule has 1 unspecified atom stereocenters. The van der Waals surface area contributed by atoms with Gasteiger partial charge in [0.05, 0.1) is 12.5 Å². The third kappa shape index (κ3) is 2.43. The standard InChI is InChI=1S/C20H25FN4O3/c1-10-13-15(25(12-3-4-12)19(27)23-18(13)26)17(28-2)16(14(10)21)24-8-5-11(9-24)20(22)6-7-20/h11-12H,3-9,22H2,1-2H3,(H,23,26,27). The molecule has 8 heteroatoms. The quantitative estimate of drug-likeness (QED) is 0.833. The fourth-order valence-corrected chi connectivity index (χ4v) is 4.76. The molecule has 3 aliphatic rings. The molecule has 3 N–H and O–H groups in total. The molecular weight excluding hydrogens is 363 g/mol. The number of hydrogen-bond donors (Lipinski definition) is 2. The Bertz CT molecular complexity index is 1100. The van der Waals surface area contributed by atoms with Gasteiger partial charge in [0.25, 0.3) is 5.56 Å². The lowest BCUT2D eigenvalue weighted by molar-refractivity contribution is 0.411. The van der Waals surface area contributed by atoms with Crippen molar-refractivity contribution < 1.29 is 9.13 Å². The Morgan fingerprint density at radius 1 is 1.25 bits per heavy atom. The second-order valence-electron chi connectivity index (χ2n) is 8.57. The summed E-state index contributed by atoms with van der Waals surface area (Å²) in [5, 5.41) is 0.192. The molecule has 2 aromatic rings. The largest absolute Gasteiger partial charge is 0.492 e. The minimum Gasteiger partial charge on any atom is -0.492 e. The average Bonchev–Trinajstić information content (AvgIpc) is 3.57. The van der Waals surface area contributed by atoms with Crippen LogP contribution in [-0.4, -0.2) is 35.3 Å². The second kappa shape index (κ2) is 5.83. The van der Waals surface area contributed by atoms with E-state index in [1.165, 1.54) is 7.11 Å². The zero-order valence-electron chi connectivity index (χ0n) is 16.2. The van der Waals surface area contributed by atoms with Crippen LogP contribution in [0.15, 0.2) is 9.59 Å². The van der Waals surface area contributed by atoms with E-state index in [0.717, 1.165) is 32.1 Å². The zero-order valence-corrected chi connectivity index (χ0v) is 16.2. The SMILES string of the molecule is COc1c(N2CCC(C3(N)CC3)C2)c(F)c(C)c2c(=O)[nH]c(=O)n(C3CC3)c12. The Hall–Kier alpha value is -2.35. The first-order valence-corrected chi connectivity index (χ1v) is 9.94. The highest BCUT2D eigenvalue weighted by atomic mass is 19.1. The van der Waals surface area contributed by atoms with Gasteiger partial charge in [0.2, 0.25) is 0 Å². The fraction of sp³-hybridized carbons (Fsp3) is 0.600. The van der Waals surface area contributed by atoms with Crippen molar-refractivity contribution in [3.05, 3.63) is 32.2 Å². The van der Waals surface area contributed by atoms with Gasteiger partial charge in [0.15, 0.2) is 11.6 Å². The average molecular weight is 388 g/mol. The number of aromatic nitrogens is 2. The summed E-state index contributed by atoms with van der Waals surface area (Å²) < 4.78 is 22.7. The van der Waals surface area contributed by atoms with E-state index in [4.69, 9.17) is 10.5 Å². The molecule has 1 aromatic heterocycles. The minimum absolute atomic E-state index is 0.0172. The Balaban J connectivity index is 1.76. The van der Waals surface area contributed by atoms with Gasteiger partial charge in [0, 0.05) is 30.2 Å². The Labute approximate surface area is 161 Å². The van der Waals surface area contributed by atoms with E-state index in [0.29, 0.717) is 30.2 Å². The van der Waals surface area contributed by atoms with Crippen molar-refractivity contribution in [2.24, 2.45) is 11.7 Å². The summed E-state index contributed by atoms with van der Waals surface area (Å²) in [4.78, 5) is 29.4. The molecule has 1 saturated heterocycles. The Morgan fingerprint density at radius 3 is 2.57 bits per heavy atom. The molecule has 0 amide bonds. The Kier molecular flexibility index (Phi) is 3.69. The van der Waals surface area contributed by atoms with Crippen molar-refractivity contribution in [1.29, 1.82) is 0 Å². The zero-order chi connectivity index (χ0) is 19.8. The summed E-state index contributed by atoms with van der Waals surface area (Å²) in [5.41, 5.74) is 6.23. The number of halogens is 1. The topological polar surface area (TPSA) is 93.3 Å². The number of anilines is 1. The highest BCUT2D eigenvalue weighted by molar-refractivity contribution is 5.93. The van der Waals surface area contributed by atoms with Gasteiger partial charge in [0.1, 0.15) is 11.2 Å². The molecule has 1 atom stereocenters. The molecule has 0 radical (unpaired) electrons. The first-order valence-electron chi connectivity index (χ1n) is 9.94. The number of ether oxygens (including phenoxy) is 1. The van der Waals surface area contributed by atoms with Gasteiger partial charge in [-0.25, -0.2) is 9.18 Å². The summed E-state index contributed by atoms with van der Waals surface area (Å²) >= 11 is 0. The van der Waals surface area contributed by atoms with E-state index < -0.39 is 17.1 Å². The van der Waals surface area contributed by atoms with E-state index in [9.17, 15) is 9.59 Å². The molecule has 5 rings (SSSR count). The third-order valence-corrected chi connectivity index (χ3v) is 6.75. The first kappa shape index (κ1) is 17.7. The summed E-state index contributed by atoms with van der Waals surface area (Å²) in [5.74, 6) is 0.131. The predicted octanol–water partition coefficient (Wildman–Crippen LogP) is 1.80. The van der Waals surface area contributed by atoms with Gasteiger partial charge in [-0.15, -0.1) is 0 Å². The molecule has 0 bridgehead atoms. The van der Waals surface area contributed by atoms with E-state index in [1.54, 1.807) is 11.5 Å². The van der Waals surface area contributed by atoms with Crippen molar-refractivity contribution in [3.8, 4) is 5.75 Å². The summed E-state index contributed by atoms with van der Waals surface area (Å²) in [6.07, 6.45) is 4.65. The van der Waals surface area contributed by atoms with Gasteiger partial charge in [-0.2, -0.15) is 0 Å². The number of nitrogens with zero attached hydrogens (tertiary/aromatic N) is 2. The molecule has 3 fully saturated rings. The molecular formula is C20H25FN4O3. The number of benzene rings is 1. The number of rotatable bonds is 4. The molecule has 28 heavy (non-hydrogen) atoms. The van der Waals surface area contributed by atoms with Gasteiger partial charge in [-0.05, 0) is 44.9 Å². The van der Waals surface area contributed by atoms with Crippen LogP contribution in [0.3, 0.4) is 0 Å². The lowest BCUT2D eigenvalue weighted by atomic mass is 9.97.